The van der Waals surface area contributed by atoms with Gasteiger partial charge in [-0.3, -0.25) is 9.98 Å². The van der Waals surface area contributed by atoms with Crippen LogP contribution >= 0.6 is 0 Å². The Hall–Kier alpha value is -3.02. The summed E-state index contributed by atoms with van der Waals surface area (Å²) in [6.07, 6.45) is 8.31. The fraction of sp³-hybridized carbons (Fsp3) is 0.364. The van der Waals surface area contributed by atoms with Crippen molar-refractivity contribution in [2.75, 3.05) is 26.7 Å². The van der Waals surface area contributed by atoms with Crippen molar-refractivity contribution in [3.8, 4) is 23.0 Å². The first-order valence-corrected chi connectivity index (χ1v) is 9.67. The molecule has 0 amide bonds. The fourth-order valence-corrected chi connectivity index (χ4v) is 3.09. The Kier molecular flexibility index (Phi) is 6.07. The predicted octanol–water partition coefficient (Wildman–Crippen LogP) is 4.24. The molecule has 0 atom stereocenters. The maximum absolute atomic E-state index is 5.37. The standard InChI is InChI=1S/C22H24N2O4/c1(3-9-23-13-17-5-7-19-21(11-17)27-15-25-19)2-4-10-24-14-18-6-8-20-22(12-18)28-16-26-20/h5-8,11-14H,1-4,9-10,15-16H2. The van der Waals surface area contributed by atoms with Crippen molar-refractivity contribution >= 4 is 12.4 Å². The number of benzene rings is 2. The molecule has 28 heavy (non-hydrogen) atoms. The van der Waals surface area contributed by atoms with Crippen LogP contribution in [0.15, 0.2) is 46.4 Å². The Balaban J connectivity index is 1.08. The van der Waals surface area contributed by atoms with Gasteiger partial charge in [0.1, 0.15) is 0 Å². The molecule has 0 unspecified atom stereocenters. The molecule has 0 saturated carbocycles. The molecule has 4 rings (SSSR count). The predicted molar refractivity (Wildman–Crippen MR) is 109 cm³/mol. The van der Waals surface area contributed by atoms with Gasteiger partial charge in [-0.15, -0.1) is 0 Å². The molecule has 0 radical (unpaired) electrons. The van der Waals surface area contributed by atoms with Gasteiger partial charge in [-0.2, -0.15) is 0 Å². The summed E-state index contributed by atoms with van der Waals surface area (Å²) in [5, 5.41) is 0. The van der Waals surface area contributed by atoms with Crippen LogP contribution in [0.5, 0.6) is 23.0 Å². The number of aliphatic imine (C=N–C) groups is 2. The summed E-state index contributed by atoms with van der Waals surface area (Å²) in [4.78, 5) is 8.99. The Morgan fingerprint density at radius 1 is 0.607 bits per heavy atom. The molecular formula is C22H24N2O4. The molecule has 0 fully saturated rings. The molecule has 0 bridgehead atoms. The number of hydrogen-bond acceptors (Lipinski definition) is 6. The number of fused-ring (bicyclic) bond motifs is 2. The lowest BCUT2D eigenvalue weighted by atomic mass is 10.2. The largest absolute Gasteiger partial charge is 0.454 e. The molecule has 2 aromatic carbocycles. The Labute approximate surface area is 164 Å². The van der Waals surface area contributed by atoms with E-state index in [2.05, 4.69) is 9.98 Å². The highest BCUT2D eigenvalue weighted by Crippen LogP contribution is 2.32. The van der Waals surface area contributed by atoms with Gasteiger partial charge in [0.15, 0.2) is 23.0 Å². The first kappa shape index (κ1) is 18.3. The maximum Gasteiger partial charge on any atom is 0.231 e. The third-order valence-corrected chi connectivity index (χ3v) is 4.60. The summed E-state index contributed by atoms with van der Waals surface area (Å²) in [5.74, 6) is 3.20. The monoisotopic (exact) mass is 380 g/mol. The van der Waals surface area contributed by atoms with E-state index in [-0.39, 0.29) is 0 Å². The third kappa shape index (κ3) is 4.82. The fourth-order valence-electron chi connectivity index (χ4n) is 3.09. The van der Waals surface area contributed by atoms with Gasteiger partial charge in [0.05, 0.1) is 0 Å². The van der Waals surface area contributed by atoms with Gasteiger partial charge < -0.3 is 18.9 Å². The highest BCUT2D eigenvalue weighted by molar-refractivity contribution is 5.81. The molecule has 146 valence electrons. The molecular weight excluding hydrogens is 356 g/mol. The zero-order valence-corrected chi connectivity index (χ0v) is 15.8. The molecule has 2 heterocycles. The lowest BCUT2D eigenvalue weighted by molar-refractivity contribution is 0.173. The van der Waals surface area contributed by atoms with Crippen molar-refractivity contribution < 1.29 is 18.9 Å². The highest BCUT2D eigenvalue weighted by atomic mass is 16.7. The molecule has 2 aliphatic heterocycles. The van der Waals surface area contributed by atoms with Crippen LogP contribution in [-0.2, 0) is 0 Å². The summed E-state index contributed by atoms with van der Waals surface area (Å²) in [7, 11) is 0. The molecule has 0 saturated heterocycles. The van der Waals surface area contributed by atoms with E-state index in [1.165, 1.54) is 0 Å². The second-order valence-electron chi connectivity index (χ2n) is 6.71. The number of hydrogen-bond donors (Lipinski definition) is 0. The van der Waals surface area contributed by atoms with Crippen LogP contribution < -0.4 is 18.9 Å². The van der Waals surface area contributed by atoms with Crippen LogP contribution in [0.1, 0.15) is 36.8 Å². The summed E-state index contributed by atoms with van der Waals surface area (Å²) in [6.45, 7) is 2.29. The minimum atomic E-state index is 0.302. The number of rotatable bonds is 9. The van der Waals surface area contributed by atoms with Gasteiger partial charge in [0.2, 0.25) is 13.6 Å². The Bertz CT molecular complexity index is 792. The lowest BCUT2D eigenvalue weighted by Gasteiger charge is -1.99. The molecule has 0 N–H and O–H groups in total. The van der Waals surface area contributed by atoms with Crippen LogP contribution in [0.2, 0.25) is 0 Å². The van der Waals surface area contributed by atoms with E-state index in [1.54, 1.807) is 0 Å². The van der Waals surface area contributed by atoms with E-state index in [0.29, 0.717) is 13.6 Å². The molecule has 6 nitrogen and oxygen atoms in total. The summed E-state index contributed by atoms with van der Waals surface area (Å²) in [5.41, 5.74) is 2.09. The topological polar surface area (TPSA) is 61.6 Å². The van der Waals surface area contributed by atoms with Crippen LogP contribution in [0.3, 0.4) is 0 Å². The zero-order valence-electron chi connectivity index (χ0n) is 15.8. The van der Waals surface area contributed by atoms with Crippen LogP contribution in [0.25, 0.3) is 0 Å². The first-order valence-electron chi connectivity index (χ1n) is 9.67. The molecule has 2 aromatic rings. The van der Waals surface area contributed by atoms with Crippen molar-refractivity contribution in [3.05, 3.63) is 47.5 Å². The summed E-state index contributed by atoms with van der Waals surface area (Å²) < 4.78 is 21.4. The maximum atomic E-state index is 5.37. The van der Waals surface area contributed by atoms with Crippen LogP contribution in [0, 0.1) is 0 Å². The van der Waals surface area contributed by atoms with Crippen LogP contribution in [0.4, 0.5) is 0 Å². The molecule has 0 aliphatic carbocycles. The molecule has 2 aliphatic rings. The van der Waals surface area contributed by atoms with Gasteiger partial charge in [0.25, 0.3) is 0 Å². The smallest absolute Gasteiger partial charge is 0.231 e. The van der Waals surface area contributed by atoms with Crippen molar-refractivity contribution in [3.63, 3.8) is 0 Å². The first-order chi connectivity index (χ1) is 13.9. The quantitative estimate of drug-likeness (QED) is 0.482. The van der Waals surface area contributed by atoms with E-state index >= 15 is 0 Å². The van der Waals surface area contributed by atoms with Crippen molar-refractivity contribution in [1.29, 1.82) is 0 Å². The second-order valence-corrected chi connectivity index (χ2v) is 6.71. The minimum absolute atomic E-state index is 0.302. The normalized spacial score (nSPS) is 14.4. The Morgan fingerprint density at radius 2 is 1.07 bits per heavy atom. The van der Waals surface area contributed by atoms with Gasteiger partial charge >= 0.3 is 0 Å². The van der Waals surface area contributed by atoms with Gasteiger partial charge in [-0.25, -0.2) is 0 Å². The molecule has 6 heteroatoms. The highest BCUT2D eigenvalue weighted by Gasteiger charge is 2.13. The number of nitrogens with zero attached hydrogens (tertiary/aromatic N) is 2. The summed E-state index contributed by atoms with van der Waals surface area (Å²) >= 11 is 0. The molecule has 0 aromatic heterocycles. The lowest BCUT2D eigenvalue weighted by Crippen LogP contribution is -1.93. The van der Waals surface area contributed by atoms with Crippen molar-refractivity contribution in [2.24, 2.45) is 9.98 Å². The molecule has 0 spiro atoms. The van der Waals surface area contributed by atoms with Crippen molar-refractivity contribution in [1.82, 2.24) is 0 Å². The van der Waals surface area contributed by atoms with E-state index in [4.69, 9.17) is 18.9 Å². The SMILES string of the molecule is C(=NCCCCCCN=Cc1ccc2c(c1)OCO2)c1ccc2c(c1)OCO2. The average molecular weight is 380 g/mol. The van der Waals surface area contributed by atoms with Crippen molar-refractivity contribution in [2.45, 2.75) is 25.7 Å². The third-order valence-electron chi connectivity index (χ3n) is 4.60. The van der Waals surface area contributed by atoms with E-state index < -0.39 is 0 Å². The van der Waals surface area contributed by atoms with E-state index in [9.17, 15) is 0 Å². The van der Waals surface area contributed by atoms with E-state index in [0.717, 1.165) is 72.9 Å². The van der Waals surface area contributed by atoms with Crippen LogP contribution in [-0.4, -0.2) is 39.1 Å². The number of ether oxygens (including phenoxy) is 4. The van der Waals surface area contributed by atoms with E-state index in [1.807, 2.05) is 48.8 Å². The van der Waals surface area contributed by atoms with Gasteiger partial charge in [-0.05, 0) is 60.4 Å². The van der Waals surface area contributed by atoms with Gasteiger partial charge in [0, 0.05) is 25.5 Å². The van der Waals surface area contributed by atoms with Gasteiger partial charge in [-0.1, -0.05) is 12.8 Å². The average Bonchev–Trinajstić information content (AvgIpc) is 3.37. The number of unbranched alkanes of at least 4 members (excludes halogenated alkanes) is 3. The minimum Gasteiger partial charge on any atom is -0.454 e. The summed E-state index contributed by atoms with van der Waals surface area (Å²) in [6, 6.07) is 11.8. The zero-order chi connectivity index (χ0) is 19.0. The Morgan fingerprint density at radius 3 is 1.57 bits per heavy atom. The second kappa shape index (κ2) is 9.26.